The molecule has 2 heteroatoms. The largest absolute Gasteiger partial charge is 0.284 e. The molecule has 11 heavy (non-hydrogen) atoms. The predicted octanol–water partition coefficient (Wildman–Crippen LogP) is 1.20. The van der Waals surface area contributed by atoms with Gasteiger partial charge in [0.25, 0.3) is 0 Å². The van der Waals surface area contributed by atoms with Crippen LogP contribution in [0.25, 0.3) is 0 Å². The number of terminal acetylenes is 1. The topological polar surface area (TPSA) is 3.24 Å². The third kappa shape index (κ3) is 0.877. The van der Waals surface area contributed by atoms with E-state index in [0.717, 1.165) is 19.4 Å². The van der Waals surface area contributed by atoms with Crippen LogP contribution in [0.4, 0.5) is 4.39 Å². The van der Waals surface area contributed by atoms with E-state index in [2.05, 4.69) is 10.8 Å². The van der Waals surface area contributed by atoms with Gasteiger partial charge in [-0.05, 0) is 19.4 Å². The quantitative estimate of drug-likeness (QED) is 0.473. The van der Waals surface area contributed by atoms with Crippen LogP contribution < -0.4 is 0 Å². The van der Waals surface area contributed by atoms with Gasteiger partial charge in [0, 0.05) is 13.0 Å². The fourth-order valence-electron chi connectivity index (χ4n) is 2.32. The monoisotopic (exact) mass is 153 g/mol. The molecule has 0 aromatic rings. The lowest BCUT2D eigenvalue weighted by molar-refractivity contribution is 0.255. The Morgan fingerprint density at radius 2 is 2.45 bits per heavy atom. The number of hydrogen-bond acceptors (Lipinski definition) is 1. The van der Waals surface area contributed by atoms with Gasteiger partial charge in [0.1, 0.15) is 6.17 Å². The van der Waals surface area contributed by atoms with E-state index in [-0.39, 0.29) is 5.54 Å². The molecular formula is C9H12FN. The third-order valence-electron chi connectivity index (χ3n) is 2.87. The van der Waals surface area contributed by atoms with Crippen molar-refractivity contribution in [2.75, 3.05) is 13.1 Å². The third-order valence-corrected chi connectivity index (χ3v) is 2.87. The van der Waals surface area contributed by atoms with Crippen molar-refractivity contribution in [3.63, 3.8) is 0 Å². The van der Waals surface area contributed by atoms with Gasteiger partial charge in [0.05, 0.1) is 5.54 Å². The van der Waals surface area contributed by atoms with Crippen molar-refractivity contribution in [1.82, 2.24) is 4.90 Å². The Balaban J connectivity index is 2.23. The van der Waals surface area contributed by atoms with E-state index in [4.69, 9.17) is 6.42 Å². The molecule has 0 amide bonds. The van der Waals surface area contributed by atoms with Crippen LogP contribution in [0.5, 0.6) is 0 Å². The summed E-state index contributed by atoms with van der Waals surface area (Å²) in [5.41, 5.74) is -0.195. The Morgan fingerprint density at radius 3 is 3.09 bits per heavy atom. The summed E-state index contributed by atoms with van der Waals surface area (Å²) in [4.78, 5) is 2.12. The van der Waals surface area contributed by atoms with Crippen molar-refractivity contribution in [2.45, 2.75) is 31.0 Å². The molecule has 0 spiro atoms. The van der Waals surface area contributed by atoms with Gasteiger partial charge in [0.15, 0.2) is 0 Å². The minimum atomic E-state index is -0.689. The summed E-state index contributed by atoms with van der Waals surface area (Å²) in [5.74, 6) is 2.76. The number of fused-ring (bicyclic) bond motifs is 1. The highest BCUT2D eigenvalue weighted by molar-refractivity contribution is 5.20. The molecule has 2 aliphatic rings. The van der Waals surface area contributed by atoms with Crippen molar-refractivity contribution in [3.05, 3.63) is 0 Å². The van der Waals surface area contributed by atoms with Crippen molar-refractivity contribution in [3.8, 4) is 12.3 Å². The smallest absolute Gasteiger partial charge is 0.116 e. The molecule has 2 saturated heterocycles. The second-order valence-corrected chi connectivity index (χ2v) is 3.53. The number of halogens is 1. The molecule has 0 saturated carbocycles. The summed E-state index contributed by atoms with van der Waals surface area (Å²) < 4.78 is 12.9. The van der Waals surface area contributed by atoms with Crippen molar-refractivity contribution in [2.24, 2.45) is 0 Å². The van der Waals surface area contributed by atoms with Crippen LogP contribution in [0, 0.1) is 12.3 Å². The van der Waals surface area contributed by atoms with Gasteiger partial charge in [0.2, 0.25) is 0 Å². The maximum atomic E-state index is 12.9. The molecule has 0 radical (unpaired) electrons. The molecule has 2 heterocycles. The van der Waals surface area contributed by atoms with E-state index in [9.17, 15) is 4.39 Å². The molecule has 0 aliphatic carbocycles. The SMILES string of the molecule is C#C[C@@]12CCCN1C[C@H](F)C2. The maximum Gasteiger partial charge on any atom is 0.116 e. The Bertz CT molecular complexity index is 208. The van der Waals surface area contributed by atoms with E-state index < -0.39 is 6.17 Å². The molecule has 0 bridgehead atoms. The molecule has 60 valence electrons. The molecule has 2 aliphatic heterocycles. The van der Waals surface area contributed by atoms with Crippen molar-refractivity contribution < 1.29 is 4.39 Å². The lowest BCUT2D eigenvalue weighted by Gasteiger charge is -2.24. The molecule has 0 aromatic carbocycles. The Kier molecular flexibility index (Phi) is 1.43. The molecule has 2 fully saturated rings. The van der Waals surface area contributed by atoms with Crippen LogP contribution in [-0.4, -0.2) is 29.7 Å². The van der Waals surface area contributed by atoms with Crippen LogP contribution in [0.2, 0.25) is 0 Å². The van der Waals surface area contributed by atoms with Crippen molar-refractivity contribution >= 4 is 0 Å². The van der Waals surface area contributed by atoms with E-state index in [1.807, 2.05) is 0 Å². The minimum absolute atomic E-state index is 0.195. The second kappa shape index (κ2) is 2.22. The summed E-state index contributed by atoms with van der Waals surface area (Å²) in [6.45, 7) is 1.55. The number of nitrogens with zero attached hydrogens (tertiary/aromatic N) is 1. The summed E-state index contributed by atoms with van der Waals surface area (Å²) in [7, 11) is 0. The van der Waals surface area contributed by atoms with Gasteiger partial charge in [-0.1, -0.05) is 5.92 Å². The van der Waals surface area contributed by atoms with Crippen LogP contribution in [0.3, 0.4) is 0 Å². The molecule has 2 rings (SSSR count). The second-order valence-electron chi connectivity index (χ2n) is 3.53. The Hall–Kier alpha value is -0.550. The van der Waals surface area contributed by atoms with Gasteiger partial charge < -0.3 is 0 Å². The molecule has 0 N–H and O–H groups in total. The first-order valence-corrected chi connectivity index (χ1v) is 4.14. The standard InChI is InChI=1S/C9H12FN/c1-2-9-4-3-5-11(9)7-8(10)6-9/h1,8H,3-7H2/t8-,9+/m1/s1. The van der Waals surface area contributed by atoms with E-state index >= 15 is 0 Å². The first-order valence-electron chi connectivity index (χ1n) is 4.14. The van der Waals surface area contributed by atoms with Crippen LogP contribution >= 0.6 is 0 Å². The molecule has 2 atom stereocenters. The van der Waals surface area contributed by atoms with E-state index in [1.54, 1.807) is 0 Å². The minimum Gasteiger partial charge on any atom is -0.284 e. The first kappa shape index (κ1) is 7.12. The highest BCUT2D eigenvalue weighted by Crippen LogP contribution is 2.39. The average Bonchev–Trinajstić information content (AvgIpc) is 2.43. The van der Waals surface area contributed by atoms with Crippen LogP contribution in [-0.2, 0) is 0 Å². The zero-order chi connectivity index (χ0) is 7.90. The maximum absolute atomic E-state index is 12.9. The van der Waals surface area contributed by atoms with Crippen LogP contribution in [0.15, 0.2) is 0 Å². The summed E-state index contributed by atoms with van der Waals surface area (Å²) in [5, 5.41) is 0. The number of alkyl halides is 1. The van der Waals surface area contributed by atoms with Crippen molar-refractivity contribution in [1.29, 1.82) is 0 Å². The molecule has 1 nitrogen and oxygen atoms in total. The van der Waals surface area contributed by atoms with Gasteiger partial charge >= 0.3 is 0 Å². The van der Waals surface area contributed by atoms with E-state index in [0.29, 0.717) is 13.0 Å². The number of hydrogen-bond donors (Lipinski definition) is 0. The summed E-state index contributed by atoms with van der Waals surface area (Å²) >= 11 is 0. The predicted molar refractivity (Wildman–Crippen MR) is 41.9 cm³/mol. The highest BCUT2D eigenvalue weighted by Gasteiger charge is 2.47. The Morgan fingerprint density at radius 1 is 1.64 bits per heavy atom. The first-order chi connectivity index (χ1) is 5.27. The Labute approximate surface area is 66.6 Å². The lowest BCUT2D eigenvalue weighted by atomic mass is 9.95. The van der Waals surface area contributed by atoms with Gasteiger partial charge in [-0.15, -0.1) is 6.42 Å². The molecular weight excluding hydrogens is 141 g/mol. The zero-order valence-electron chi connectivity index (χ0n) is 6.52. The molecule has 0 aromatic heterocycles. The fraction of sp³-hybridized carbons (Fsp3) is 0.778. The van der Waals surface area contributed by atoms with Gasteiger partial charge in [-0.3, -0.25) is 4.90 Å². The molecule has 0 unspecified atom stereocenters. The fourth-order valence-corrected chi connectivity index (χ4v) is 2.32. The van der Waals surface area contributed by atoms with E-state index in [1.165, 1.54) is 0 Å². The average molecular weight is 153 g/mol. The highest BCUT2D eigenvalue weighted by atomic mass is 19.1. The summed E-state index contributed by atoms with van der Waals surface area (Å²) in [6.07, 6.45) is 7.41. The van der Waals surface area contributed by atoms with Gasteiger partial charge in [-0.2, -0.15) is 0 Å². The lowest BCUT2D eigenvalue weighted by Crippen LogP contribution is -2.36. The summed E-state index contributed by atoms with van der Waals surface area (Å²) in [6, 6.07) is 0. The number of rotatable bonds is 0. The van der Waals surface area contributed by atoms with Crippen LogP contribution in [0.1, 0.15) is 19.3 Å². The zero-order valence-corrected chi connectivity index (χ0v) is 6.52. The van der Waals surface area contributed by atoms with Gasteiger partial charge in [-0.25, -0.2) is 4.39 Å². The normalized spacial score (nSPS) is 43.8.